The van der Waals surface area contributed by atoms with Crippen LogP contribution in [0.4, 0.5) is 11.4 Å². The molecular formula is C19H21ClN4O3S. The van der Waals surface area contributed by atoms with Gasteiger partial charge in [-0.2, -0.15) is 0 Å². The van der Waals surface area contributed by atoms with Gasteiger partial charge in [-0.25, -0.2) is 0 Å². The van der Waals surface area contributed by atoms with Crippen LogP contribution in [0.5, 0.6) is 0 Å². The Bertz CT molecular complexity index is 842. The van der Waals surface area contributed by atoms with E-state index >= 15 is 0 Å². The fraction of sp³-hybridized carbons (Fsp3) is 0.316. The molecule has 148 valence electrons. The minimum absolute atomic E-state index is 0.0504. The number of ether oxygens (including phenoxy) is 1. The number of thiocarbonyl (C=S) groups is 1. The fourth-order valence-corrected chi connectivity index (χ4v) is 3.20. The van der Waals surface area contributed by atoms with Crippen molar-refractivity contribution < 1.29 is 9.66 Å². The number of hydrogen-bond donors (Lipinski definition) is 2. The van der Waals surface area contributed by atoms with Crippen LogP contribution in [0.15, 0.2) is 42.5 Å². The summed E-state index contributed by atoms with van der Waals surface area (Å²) in [6, 6.07) is 12.5. The van der Waals surface area contributed by atoms with Gasteiger partial charge in [-0.15, -0.1) is 0 Å². The highest BCUT2D eigenvalue weighted by molar-refractivity contribution is 7.80. The van der Waals surface area contributed by atoms with Gasteiger partial charge in [0.15, 0.2) is 5.11 Å². The lowest BCUT2D eigenvalue weighted by Crippen LogP contribution is -2.35. The van der Waals surface area contributed by atoms with Crippen molar-refractivity contribution in [3.05, 3.63) is 68.7 Å². The average molecular weight is 421 g/mol. The molecule has 1 saturated heterocycles. The first-order chi connectivity index (χ1) is 13.5. The van der Waals surface area contributed by atoms with Crippen molar-refractivity contribution in [1.29, 1.82) is 0 Å². The highest BCUT2D eigenvalue weighted by Crippen LogP contribution is 2.26. The van der Waals surface area contributed by atoms with Crippen molar-refractivity contribution in [1.82, 2.24) is 10.2 Å². The zero-order chi connectivity index (χ0) is 19.9. The number of non-ortho nitro benzene ring substituents is 1. The summed E-state index contributed by atoms with van der Waals surface area (Å²) in [6.07, 6.45) is 0. The van der Waals surface area contributed by atoms with E-state index in [1.165, 1.54) is 23.8 Å². The summed E-state index contributed by atoms with van der Waals surface area (Å²) in [7, 11) is 0. The molecular weight excluding hydrogens is 400 g/mol. The molecule has 7 nitrogen and oxygen atoms in total. The molecule has 9 heteroatoms. The Morgan fingerprint density at radius 1 is 1.18 bits per heavy atom. The van der Waals surface area contributed by atoms with Gasteiger partial charge >= 0.3 is 0 Å². The number of nitro groups is 1. The van der Waals surface area contributed by atoms with E-state index in [9.17, 15) is 10.1 Å². The van der Waals surface area contributed by atoms with Gasteiger partial charge in [0.25, 0.3) is 5.69 Å². The molecule has 0 amide bonds. The third-order valence-corrected chi connectivity index (χ3v) is 4.97. The van der Waals surface area contributed by atoms with Crippen molar-refractivity contribution in [2.45, 2.75) is 13.1 Å². The molecule has 0 atom stereocenters. The Morgan fingerprint density at radius 2 is 1.86 bits per heavy atom. The number of anilines is 1. The Morgan fingerprint density at radius 3 is 2.54 bits per heavy atom. The van der Waals surface area contributed by atoms with E-state index in [0.29, 0.717) is 22.4 Å². The zero-order valence-corrected chi connectivity index (χ0v) is 16.8. The molecule has 0 aromatic heterocycles. The van der Waals surface area contributed by atoms with E-state index in [1.807, 2.05) is 0 Å². The molecule has 1 fully saturated rings. The van der Waals surface area contributed by atoms with Crippen LogP contribution in [-0.2, 0) is 17.8 Å². The third kappa shape index (κ3) is 5.87. The van der Waals surface area contributed by atoms with Crippen molar-refractivity contribution in [3.63, 3.8) is 0 Å². The Kier molecular flexibility index (Phi) is 7.16. The molecule has 0 saturated carbocycles. The topological polar surface area (TPSA) is 79.7 Å². The van der Waals surface area contributed by atoms with Gasteiger partial charge in [-0.1, -0.05) is 35.9 Å². The lowest BCUT2D eigenvalue weighted by Gasteiger charge is -2.26. The standard InChI is InChI=1S/C19H21ClN4O3S/c20-17-6-5-16(24(25)26)11-18(17)22-19(28)21-12-14-1-3-15(4-2-14)13-23-7-9-27-10-8-23/h1-6,11H,7-10,12-13H2,(H2,21,22,28). The van der Waals surface area contributed by atoms with Crippen LogP contribution in [0.25, 0.3) is 0 Å². The molecule has 2 aromatic carbocycles. The Labute approximate surface area is 173 Å². The number of nitrogens with zero attached hydrogens (tertiary/aromatic N) is 2. The summed E-state index contributed by atoms with van der Waals surface area (Å²) in [4.78, 5) is 12.8. The minimum Gasteiger partial charge on any atom is -0.379 e. The first-order valence-corrected chi connectivity index (χ1v) is 9.66. The molecule has 1 aliphatic rings. The predicted octanol–water partition coefficient (Wildman–Crippen LogP) is 3.57. The molecule has 0 aliphatic carbocycles. The van der Waals surface area contributed by atoms with E-state index in [0.717, 1.165) is 38.4 Å². The monoisotopic (exact) mass is 420 g/mol. The largest absolute Gasteiger partial charge is 0.379 e. The molecule has 28 heavy (non-hydrogen) atoms. The number of halogens is 1. The van der Waals surface area contributed by atoms with Gasteiger partial charge in [0.05, 0.1) is 28.8 Å². The molecule has 0 unspecified atom stereocenters. The number of rotatable bonds is 6. The summed E-state index contributed by atoms with van der Waals surface area (Å²) in [5.74, 6) is 0. The van der Waals surface area contributed by atoms with Gasteiger partial charge in [-0.05, 0) is 29.4 Å². The average Bonchev–Trinajstić information content (AvgIpc) is 2.70. The van der Waals surface area contributed by atoms with Crippen molar-refractivity contribution >= 4 is 40.3 Å². The molecule has 1 aliphatic heterocycles. The second-order valence-electron chi connectivity index (χ2n) is 6.43. The van der Waals surface area contributed by atoms with Gasteiger partial charge in [0, 0.05) is 38.3 Å². The first kappa shape index (κ1) is 20.5. The zero-order valence-electron chi connectivity index (χ0n) is 15.2. The summed E-state index contributed by atoms with van der Waals surface area (Å²) in [5.41, 5.74) is 2.69. The second-order valence-corrected chi connectivity index (χ2v) is 7.25. The summed E-state index contributed by atoms with van der Waals surface area (Å²) in [6.45, 7) is 4.97. The SMILES string of the molecule is O=[N+]([O-])c1ccc(Cl)c(NC(=S)NCc2ccc(CN3CCOCC3)cc2)c1. The maximum atomic E-state index is 10.9. The highest BCUT2D eigenvalue weighted by atomic mass is 35.5. The number of nitrogens with one attached hydrogen (secondary N) is 2. The van der Waals surface area contributed by atoms with Crippen LogP contribution in [0.3, 0.4) is 0 Å². The van der Waals surface area contributed by atoms with Crippen LogP contribution in [0.2, 0.25) is 5.02 Å². The Balaban J connectivity index is 1.50. The second kappa shape index (κ2) is 9.79. The van der Waals surface area contributed by atoms with Crippen LogP contribution in [0, 0.1) is 10.1 Å². The predicted molar refractivity (Wildman–Crippen MR) is 114 cm³/mol. The third-order valence-electron chi connectivity index (χ3n) is 4.39. The maximum Gasteiger partial charge on any atom is 0.271 e. The van der Waals surface area contributed by atoms with Crippen LogP contribution >= 0.6 is 23.8 Å². The lowest BCUT2D eigenvalue weighted by molar-refractivity contribution is -0.384. The summed E-state index contributed by atoms with van der Waals surface area (Å²) < 4.78 is 5.37. The quantitative estimate of drug-likeness (QED) is 0.420. The molecule has 0 bridgehead atoms. The highest BCUT2D eigenvalue weighted by Gasteiger charge is 2.12. The smallest absolute Gasteiger partial charge is 0.271 e. The van der Waals surface area contributed by atoms with E-state index < -0.39 is 4.92 Å². The van der Waals surface area contributed by atoms with Crippen LogP contribution < -0.4 is 10.6 Å². The molecule has 2 aromatic rings. The lowest BCUT2D eigenvalue weighted by atomic mass is 10.1. The van der Waals surface area contributed by atoms with E-state index in [4.69, 9.17) is 28.6 Å². The minimum atomic E-state index is -0.476. The van der Waals surface area contributed by atoms with Gasteiger partial charge in [0.2, 0.25) is 0 Å². The molecule has 3 rings (SSSR count). The summed E-state index contributed by atoms with van der Waals surface area (Å²) >= 11 is 11.3. The Hall–Kier alpha value is -2.26. The molecule has 1 heterocycles. The van der Waals surface area contributed by atoms with Crippen LogP contribution in [0.1, 0.15) is 11.1 Å². The maximum absolute atomic E-state index is 10.9. The first-order valence-electron chi connectivity index (χ1n) is 8.88. The van der Waals surface area contributed by atoms with E-state index in [2.05, 4.69) is 39.8 Å². The van der Waals surface area contributed by atoms with Crippen molar-refractivity contribution in [2.75, 3.05) is 31.6 Å². The van der Waals surface area contributed by atoms with Gasteiger partial charge in [-0.3, -0.25) is 15.0 Å². The van der Waals surface area contributed by atoms with Crippen molar-refractivity contribution in [2.24, 2.45) is 0 Å². The normalized spacial score (nSPS) is 14.5. The molecule has 0 radical (unpaired) electrons. The fourth-order valence-electron chi connectivity index (χ4n) is 2.85. The van der Waals surface area contributed by atoms with E-state index in [-0.39, 0.29) is 5.69 Å². The number of benzene rings is 2. The van der Waals surface area contributed by atoms with Gasteiger partial charge < -0.3 is 15.4 Å². The molecule has 2 N–H and O–H groups in total. The number of morpholine rings is 1. The van der Waals surface area contributed by atoms with Crippen molar-refractivity contribution in [3.8, 4) is 0 Å². The number of nitro benzene ring substituents is 1. The number of hydrogen-bond acceptors (Lipinski definition) is 5. The van der Waals surface area contributed by atoms with Crippen LogP contribution in [-0.4, -0.2) is 41.2 Å². The molecule has 0 spiro atoms. The summed E-state index contributed by atoms with van der Waals surface area (Å²) in [5, 5.41) is 17.6. The van der Waals surface area contributed by atoms with E-state index in [1.54, 1.807) is 0 Å². The van der Waals surface area contributed by atoms with Gasteiger partial charge in [0.1, 0.15) is 0 Å².